The van der Waals surface area contributed by atoms with Crippen LogP contribution in [-0.4, -0.2) is 66.5 Å². The van der Waals surface area contributed by atoms with E-state index >= 15 is 0 Å². The molecule has 0 radical (unpaired) electrons. The Morgan fingerprint density at radius 3 is 2.71 bits per heavy atom. The summed E-state index contributed by atoms with van der Waals surface area (Å²) in [5, 5.41) is 14.6. The van der Waals surface area contributed by atoms with Gasteiger partial charge in [-0.3, -0.25) is 10.1 Å². The van der Waals surface area contributed by atoms with E-state index in [0.717, 1.165) is 43.5 Å². The van der Waals surface area contributed by atoms with Gasteiger partial charge in [-0.15, -0.1) is 0 Å². The van der Waals surface area contributed by atoms with Crippen molar-refractivity contribution in [1.29, 1.82) is 0 Å². The van der Waals surface area contributed by atoms with Crippen molar-refractivity contribution in [2.75, 3.05) is 20.7 Å². The quantitative estimate of drug-likeness (QED) is 0.636. The molecule has 2 heterocycles. The predicted octanol–water partition coefficient (Wildman–Crippen LogP) is 3.39. The van der Waals surface area contributed by atoms with Crippen LogP contribution in [0.4, 0.5) is 0 Å². The number of carbonyl (C=O) groups is 1. The van der Waals surface area contributed by atoms with Gasteiger partial charge in [0.15, 0.2) is 11.5 Å². The minimum absolute atomic E-state index is 0.0102. The van der Waals surface area contributed by atoms with Crippen LogP contribution in [0.15, 0.2) is 6.07 Å². The predicted molar refractivity (Wildman–Crippen MR) is 130 cm³/mol. The molecule has 1 aromatic rings. The van der Waals surface area contributed by atoms with Crippen molar-refractivity contribution < 1.29 is 24.1 Å². The van der Waals surface area contributed by atoms with Gasteiger partial charge in [0.25, 0.3) is 0 Å². The van der Waals surface area contributed by atoms with E-state index in [1.165, 1.54) is 5.56 Å². The zero-order valence-electron chi connectivity index (χ0n) is 21.6. The van der Waals surface area contributed by atoms with Gasteiger partial charge in [0.05, 0.1) is 7.11 Å². The van der Waals surface area contributed by atoms with E-state index in [2.05, 4.69) is 31.1 Å². The average Bonchev–Trinajstić information content (AvgIpc) is 3.10. The van der Waals surface area contributed by atoms with E-state index in [4.69, 9.17) is 14.2 Å². The summed E-state index contributed by atoms with van der Waals surface area (Å²) < 4.78 is 18.2. The molecule has 0 aromatic heterocycles. The molecule has 2 bridgehead atoms. The van der Waals surface area contributed by atoms with Crippen LogP contribution in [0.2, 0.25) is 0 Å². The molecular weight excluding hydrogens is 432 g/mol. The number of nitrogens with one attached hydrogen (secondary N) is 1. The van der Waals surface area contributed by atoms with E-state index in [-0.39, 0.29) is 35.2 Å². The van der Waals surface area contributed by atoms with Crippen LogP contribution < -0.4 is 14.8 Å². The Balaban J connectivity index is 1.55. The molecular formula is C27H40N2O5. The molecule has 6 atom stereocenters. The summed E-state index contributed by atoms with van der Waals surface area (Å²) >= 11 is 0. The molecule has 5 rings (SSSR count). The molecule has 1 spiro atoms. The third-order valence-electron chi connectivity index (χ3n) is 8.62. The molecule has 7 nitrogen and oxygen atoms in total. The van der Waals surface area contributed by atoms with Crippen LogP contribution in [0.3, 0.4) is 0 Å². The number of piperidine rings is 1. The number of aromatic hydroxyl groups is 1. The molecule has 2 N–H and O–H groups in total. The average molecular weight is 473 g/mol. The lowest BCUT2D eigenvalue weighted by Crippen LogP contribution is -2.69. The minimum Gasteiger partial charge on any atom is -0.504 e. The number of phenolic OH excluding ortho intramolecular Hbond substituents is 1. The molecule has 1 saturated heterocycles. The number of methoxy groups -OCH3 is 1. The van der Waals surface area contributed by atoms with Gasteiger partial charge >= 0.3 is 5.97 Å². The third-order valence-corrected chi connectivity index (χ3v) is 8.62. The smallest absolute Gasteiger partial charge is 0.323 e. The molecule has 0 unspecified atom stereocenters. The Hall–Kier alpha value is -1.99. The van der Waals surface area contributed by atoms with E-state index in [1.807, 2.05) is 20.8 Å². The Morgan fingerprint density at radius 2 is 2.06 bits per heavy atom. The Bertz CT molecular complexity index is 986. The number of rotatable bonds is 5. The minimum atomic E-state index is -0.538. The number of likely N-dealkylation sites (tertiary alicyclic amines) is 1. The molecule has 7 heteroatoms. The number of hydrogen-bond donors (Lipinski definition) is 2. The van der Waals surface area contributed by atoms with Crippen molar-refractivity contribution in [2.45, 2.75) is 95.5 Å². The summed E-state index contributed by atoms with van der Waals surface area (Å²) in [5.41, 5.74) is 1.62. The second-order valence-corrected chi connectivity index (χ2v) is 12.1. The topological polar surface area (TPSA) is 80.3 Å². The summed E-state index contributed by atoms with van der Waals surface area (Å²) in [4.78, 5) is 15.6. The lowest BCUT2D eigenvalue weighted by molar-refractivity contribution is -0.159. The first kappa shape index (κ1) is 23.7. The molecule has 188 valence electrons. The highest BCUT2D eigenvalue weighted by Crippen LogP contribution is 2.65. The summed E-state index contributed by atoms with van der Waals surface area (Å²) in [6.07, 6.45) is 3.73. The molecule has 2 fully saturated rings. The second-order valence-electron chi connectivity index (χ2n) is 12.1. The van der Waals surface area contributed by atoms with Gasteiger partial charge in [-0.2, -0.15) is 0 Å². The van der Waals surface area contributed by atoms with Crippen molar-refractivity contribution in [1.82, 2.24) is 10.2 Å². The fraction of sp³-hybridized carbons (Fsp3) is 0.741. The molecule has 0 amide bonds. The number of esters is 1. The summed E-state index contributed by atoms with van der Waals surface area (Å²) in [6, 6.07) is 1.70. The first-order valence-corrected chi connectivity index (χ1v) is 12.8. The first-order valence-electron chi connectivity index (χ1n) is 12.8. The first-order chi connectivity index (χ1) is 16.0. The zero-order valence-corrected chi connectivity index (χ0v) is 21.6. The Kier molecular flexibility index (Phi) is 5.60. The van der Waals surface area contributed by atoms with Crippen LogP contribution in [0.25, 0.3) is 0 Å². The van der Waals surface area contributed by atoms with Gasteiger partial charge in [0, 0.05) is 34.7 Å². The Morgan fingerprint density at radius 1 is 1.32 bits per heavy atom. The summed E-state index contributed by atoms with van der Waals surface area (Å²) in [5.74, 6) is 1.85. The highest BCUT2D eigenvalue weighted by molar-refractivity contribution is 5.76. The van der Waals surface area contributed by atoms with Crippen LogP contribution in [0.1, 0.15) is 65.0 Å². The number of carbonyl (C=O) groups excluding carboxylic acids is 1. The standard InChI is InChI=1S/C27H40N2O5/c1-14(2)22(25(31)34-26(3,4)5)28-17-9-8-16-18-12-15-20(32-7)13-19(30)23-21(15)27(16,24(17)33-23)10-11-29(18)6/h13-14,16-18,22,24,28,30H,8-12H2,1-7H3/t16-,17+,18+,22-,24-,27-/m0/s1. The van der Waals surface area contributed by atoms with E-state index in [0.29, 0.717) is 17.7 Å². The van der Waals surface area contributed by atoms with Crippen LogP contribution >= 0.6 is 0 Å². The Labute approximate surface area is 203 Å². The van der Waals surface area contributed by atoms with Gasteiger partial charge in [0.2, 0.25) is 0 Å². The third kappa shape index (κ3) is 3.41. The maximum absolute atomic E-state index is 13.1. The molecule has 2 aliphatic carbocycles. The SMILES string of the molecule is COc1cc(O)c2c3c1C[C@@H]1[C@@H]4CC[C@@H](N[C@H](C(=O)OC(C)(C)C)C(C)C)[C@H](O2)[C@]34CCN1C. The fourth-order valence-corrected chi connectivity index (χ4v) is 7.27. The zero-order chi connectivity index (χ0) is 24.6. The normalized spacial score (nSPS) is 32.7. The van der Waals surface area contributed by atoms with Crippen molar-refractivity contribution >= 4 is 5.97 Å². The van der Waals surface area contributed by atoms with Crippen LogP contribution in [0, 0.1) is 11.8 Å². The highest BCUT2D eigenvalue weighted by atomic mass is 16.6. The molecule has 2 aliphatic heterocycles. The van der Waals surface area contributed by atoms with Crippen molar-refractivity contribution in [3.63, 3.8) is 0 Å². The maximum Gasteiger partial charge on any atom is 0.323 e. The van der Waals surface area contributed by atoms with Crippen molar-refractivity contribution in [3.05, 3.63) is 17.2 Å². The van der Waals surface area contributed by atoms with E-state index in [1.54, 1.807) is 13.2 Å². The van der Waals surface area contributed by atoms with Crippen LogP contribution in [0.5, 0.6) is 17.2 Å². The lowest BCUT2D eigenvalue weighted by Gasteiger charge is -2.59. The summed E-state index contributed by atoms with van der Waals surface area (Å²) in [6.45, 7) is 10.8. The fourth-order valence-electron chi connectivity index (χ4n) is 7.27. The lowest BCUT2D eigenvalue weighted by atomic mass is 9.51. The van der Waals surface area contributed by atoms with Gasteiger partial charge < -0.3 is 24.2 Å². The highest BCUT2D eigenvalue weighted by Gasteiger charge is 2.66. The maximum atomic E-state index is 13.1. The molecule has 34 heavy (non-hydrogen) atoms. The number of ether oxygens (including phenoxy) is 3. The molecule has 1 aromatic carbocycles. The second kappa shape index (κ2) is 8.02. The molecule has 1 saturated carbocycles. The van der Waals surface area contributed by atoms with Crippen LogP contribution in [-0.2, 0) is 21.4 Å². The van der Waals surface area contributed by atoms with Gasteiger partial charge in [-0.05, 0) is 71.9 Å². The molecule has 4 aliphatic rings. The monoisotopic (exact) mass is 472 g/mol. The number of phenols is 1. The van der Waals surface area contributed by atoms with E-state index < -0.39 is 11.6 Å². The number of benzene rings is 1. The summed E-state index contributed by atoms with van der Waals surface area (Å²) in [7, 11) is 3.90. The van der Waals surface area contributed by atoms with Crippen molar-refractivity contribution in [3.8, 4) is 17.2 Å². The largest absolute Gasteiger partial charge is 0.504 e. The van der Waals surface area contributed by atoms with Gasteiger partial charge in [0.1, 0.15) is 23.5 Å². The van der Waals surface area contributed by atoms with E-state index in [9.17, 15) is 9.90 Å². The number of nitrogens with zero attached hydrogens (tertiary/aromatic N) is 1. The van der Waals surface area contributed by atoms with Gasteiger partial charge in [-0.1, -0.05) is 13.8 Å². The van der Waals surface area contributed by atoms with Crippen molar-refractivity contribution in [2.24, 2.45) is 11.8 Å². The van der Waals surface area contributed by atoms with Gasteiger partial charge in [-0.25, -0.2) is 0 Å². The number of hydrogen-bond acceptors (Lipinski definition) is 7. The number of likely N-dealkylation sites (N-methyl/N-ethyl adjacent to an activating group) is 1.